The summed E-state index contributed by atoms with van der Waals surface area (Å²) in [5.41, 5.74) is 1.79. The maximum absolute atomic E-state index is 13.0. The van der Waals surface area contributed by atoms with Crippen molar-refractivity contribution in [3.05, 3.63) is 35.8 Å². The van der Waals surface area contributed by atoms with Crippen LogP contribution in [0.15, 0.2) is 24.4 Å². The summed E-state index contributed by atoms with van der Waals surface area (Å²) in [7, 11) is 1.31. The molecule has 0 spiro atoms. The number of amides is 1. The molecule has 0 aliphatic carbocycles. The highest BCUT2D eigenvalue weighted by atomic mass is 16.5. The lowest BCUT2D eigenvalue weighted by molar-refractivity contribution is -0.156. The average Bonchev–Trinajstić information content (AvgIpc) is 2.90. The fraction of sp³-hybridized carbons (Fsp3) is 0.438. The minimum atomic E-state index is -0.759. The van der Waals surface area contributed by atoms with Gasteiger partial charge in [0.2, 0.25) is 0 Å². The van der Waals surface area contributed by atoms with Crippen LogP contribution >= 0.6 is 0 Å². The van der Waals surface area contributed by atoms with Crippen molar-refractivity contribution in [1.82, 2.24) is 14.3 Å². The lowest BCUT2D eigenvalue weighted by atomic mass is 10.1. The molecule has 0 radical (unpaired) electrons. The molecular weight excluding hydrogens is 298 g/mol. The molecule has 0 N–H and O–H groups in total. The molecule has 2 aromatic heterocycles. The predicted molar refractivity (Wildman–Crippen MR) is 82.2 cm³/mol. The van der Waals surface area contributed by atoms with Crippen LogP contribution in [-0.4, -0.2) is 58.6 Å². The summed E-state index contributed by atoms with van der Waals surface area (Å²) in [5.74, 6) is -0.760. The maximum Gasteiger partial charge on any atom is 0.331 e. The summed E-state index contributed by atoms with van der Waals surface area (Å²) in [6.07, 6.45) is 1.44. The number of methoxy groups -OCH3 is 1. The molecule has 7 heteroatoms. The van der Waals surface area contributed by atoms with E-state index in [1.54, 1.807) is 6.92 Å². The highest BCUT2D eigenvalue weighted by Crippen LogP contribution is 2.20. The summed E-state index contributed by atoms with van der Waals surface area (Å²) in [4.78, 5) is 30.9. The second-order valence-corrected chi connectivity index (χ2v) is 5.52. The zero-order chi connectivity index (χ0) is 16.6. The van der Waals surface area contributed by atoms with Gasteiger partial charge in [-0.15, -0.1) is 0 Å². The van der Waals surface area contributed by atoms with Gasteiger partial charge in [0, 0.05) is 12.7 Å². The molecule has 23 heavy (non-hydrogen) atoms. The lowest BCUT2D eigenvalue weighted by Gasteiger charge is -2.37. The molecule has 1 fully saturated rings. The van der Waals surface area contributed by atoms with Crippen molar-refractivity contribution in [2.75, 3.05) is 20.3 Å². The Morgan fingerprint density at radius 2 is 2.17 bits per heavy atom. The van der Waals surface area contributed by atoms with Crippen molar-refractivity contribution in [3.63, 3.8) is 0 Å². The summed E-state index contributed by atoms with van der Waals surface area (Å²) in [6, 6.07) is 4.82. The summed E-state index contributed by atoms with van der Waals surface area (Å²) >= 11 is 0. The van der Waals surface area contributed by atoms with Gasteiger partial charge >= 0.3 is 5.97 Å². The molecule has 7 nitrogen and oxygen atoms in total. The first kappa shape index (κ1) is 15.5. The van der Waals surface area contributed by atoms with Gasteiger partial charge in [0.25, 0.3) is 5.91 Å². The molecule has 1 aliphatic rings. The normalized spacial score (nSPS) is 21.4. The number of esters is 1. The fourth-order valence-electron chi connectivity index (χ4n) is 2.95. The molecule has 122 valence electrons. The predicted octanol–water partition coefficient (Wildman–Crippen LogP) is 1.05. The molecule has 3 rings (SSSR count). The first-order valence-corrected chi connectivity index (χ1v) is 7.48. The van der Waals surface area contributed by atoms with E-state index in [1.165, 1.54) is 12.0 Å². The van der Waals surface area contributed by atoms with E-state index in [4.69, 9.17) is 9.47 Å². The average molecular weight is 317 g/mol. The quantitative estimate of drug-likeness (QED) is 0.774. The first-order valence-electron chi connectivity index (χ1n) is 7.48. The molecule has 0 saturated carbocycles. The third-order valence-electron chi connectivity index (χ3n) is 4.17. The van der Waals surface area contributed by atoms with Crippen molar-refractivity contribution in [2.24, 2.45) is 0 Å². The SMILES string of the molecule is COC(=O)[C@@H]1[C@@H](C)OCCN1C(=O)c1nc2ccccn2c1C. The fourth-order valence-corrected chi connectivity index (χ4v) is 2.95. The number of ether oxygens (including phenoxy) is 2. The summed E-state index contributed by atoms with van der Waals surface area (Å²) in [6.45, 7) is 4.31. The highest BCUT2D eigenvalue weighted by molar-refractivity contribution is 5.97. The van der Waals surface area contributed by atoms with E-state index in [2.05, 4.69) is 4.98 Å². The molecular formula is C16H19N3O4. The Bertz CT molecular complexity index is 755. The van der Waals surface area contributed by atoms with Gasteiger partial charge in [-0.2, -0.15) is 0 Å². The van der Waals surface area contributed by atoms with Crippen molar-refractivity contribution in [1.29, 1.82) is 0 Å². The molecule has 1 amide bonds. The zero-order valence-corrected chi connectivity index (χ0v) is 13.4. The van der Waals surface area contributed by atoms with Crippen molar-refractivity contribution >= 4 is 17.5 Å². The molecule has 2 aromatic rings. The maximum atomic E-state index is 13.0. The van der Waals surface area contributed by atoms with Gasteiger partial charge in [-0.25, -0.2) is 9.78 Å². The van der Waals surface area contributed by atoms with E-state index in [1.807, 2.05) is 35.7 Å². The zero-order valence-electron chi connectivity index (χ0n) is 13.4. The first-order chi connectivity index (χ1) is 11.0. The van der Waals surface area contributed by atoms with Crippen molar-refractivity contribution < 1.29 is 19.1 Å². The van der Waals surface area contributed by atoms with Crippen LogP contribution in [0.3, 0.4) is 0 Å². The number of fused-ring (bicyclic) bond motifs is 1. The van der Waals surface area contributed by atoms with E-state index in [0.717, 1.165) is 5.69 Å². The Kier molecular flexibility index (Phi) is 4.04. The van der Waals surface area contributed by atoms with Gasteiger partial charge in [-0.3, -0.25) is 4.79 Å². The van der Waals surface area contributed by atoms with Crippen LogP contribution in [0.4, 0.5) is 0 Å². The number of aryl methyl sites for hydroxylation is 1. The van der Waals surface area contributed by atoms with Gasteiger partial charge < -0.3 is 18.8 Å². The van der Waals surface area contributed by atoms with Gasteiger partial charge in [-0.1, -0.05) is 6.07 Å². The number of pyridine rings is 1. The monoisotopic (exact) mass is 317 g/mol. The number of carbonyl (C=O) groups excluding carboxylic acids is 2. The largest absolute Gasteiger partial charge is 0.467 e. The van der Waals surface area contributed by atoms with Crippen molar-refractivity contribution in [2.45, 2.75) is 26.0 Å². The van der Waals surface area contributed by atoms with Crippen LogP contribution in [0.2, 0.25) is 0 Å². The van der Waals surface area contributed by atoms with Gasteiger partial charge in [0.05, 0.1) is 25.5 Å². The van der Waals surface area contributed by atoms with E-state index in [0.29, 0.717) is 24.5 Å². The van der Waals surface area contributed by atoms with E-state index in [9.17, 15) is 9.59 Å². The van der Waals surface area contributed by atoms with Crippen LogP contribution in [-0.2, 0) is 14.3 Å². The van der Waals surface area contributed by atoms with E-state index < -0.39 is 18.1 Å². The van der Waals surface area contributed by atoms with E-state index >= 15 is 0 Å². The summed E-state index contributed by atoms with van der Waals surface area (Å²) in [5, 5.41) is 0. The van der Waals surface area contributed by atoms with Crippen molar-refractivity contribution in [3.8, 4) is 0 Å². The topological polar surface area (TPSA) is 73.1 Å². The third-order valence-corrected chi connectivity index (χ3v) is 4.17. The Morgan fingerprint density at radius 3 is 2.87 bits per heavy atom. The standard InChI is InChI=1S/C16H19N3O4/c1-10-13(17-12-6-4-5-7-18(10)12)15(20)19-8-9-23-11(2)14(19)16(21)22-3/h4-7,11,14H,8-9H2,1-3H3/t11-,14+/m1/s1. The smallest absolute Gasteiger partial charge is 0.331 e. The molecule has 2 atom stereocenters. The number of hydrogen-bond donors (Lipinski definition) is 0. The van der Waals surface area contributed by atoms with Gasteiger partial charge in [0.1, 0.15) is 11.3 Å². The Balaban J connectivity index is 1.99. The minimum Gasteiger partial charge on any atom is -0.467 e. The molecule has 0 bridgehead atoms. The Hall–Kier alpha value is -2.41. The van der Waals surface area contributed by atoms with Crippen LogP contribution in [0, 0.1) is 6.92 Å². The highest BCUT2D eigenvalue weighted by Gasteiger charge is 2.40. The van der Waals surface area contributed by atoms with Crippen LogP contribution in [0.5, 0.6) is 0 Å². The minimum absolute atomic E-state index is 0.281. The number of rotatable bonds is 2. The number of nitrogens with zero attached hydrogens (tertiary/aromatic N) is 3. The van der Waals surface area contributed by atoms with Crippen LogP contribution in [0.1, 0.15) is 23.1 Å². The second-order valence-electron chi connectivity index (χ2n) is 5.52. The molecule has 0 unspecified atom stereocenters. The molecule has 1 saturated heterocycles. The number of carbonyl (C=O) groups is 2. The number of morpholine rings is 1. The number of aromatic nitrogens is 2. The molecule has 1 aliphatic heterocycles. The number of hydrogen-bond acceptors (Lipinski definition) is 5. The Morgan fingerprint density at radius 1 is 1.39 bits per heavy atom. The summed E-state index contributed by atoms with van der Waals surface area (Å²) < 4.78 is 12.2. The van der Waals surface area contributed by atoms with Crippen LogP contribution < -0.4 is 0 Å². The molecule has 3 heterocycles. The lowest BCUT2D eigenvalue weighted by Crippen LogP contribution is -2.57. The van der Waals surface area contributed by atoms with Gasteiger partial charge in [-0.05, 0) is 26.0 Å². The molecule has 0 aromatic carbocycles. The van der Waals surface area contributed by atoms with Crippen LogP contribution in [0.25, 0.3) is 5.65 Å². The van der Waals surface area contributed by atoms with E-state index in [-0.39, 0.29) is 5.91 Å². The number of imidazole rings is 1. The third kappa shape index (κ3) is 2.57. The Labute approximate surface area is 133 Å². The second kappa shape index (κ2) is 6.00. The van der Waals surface area contributed by atoms with Gasteiger partial charge in [0.15, 0.2) is 6.04 Å².